The third-order valence-electron chi connectivity index (χ3n) is 2.55. The first-order valence-corrected chi connectivity index (χ1v) is 6.14. The van der Waals surface area contributed by atoms with Crippen LogP contribution >= 0.6 is 11.6 Å². The van der Waals surface area contributed by atoms with Gasteiger partial charge in [-0.25, -0.2) is 9.89 Å². The molecule has 0 saturated carbocycles. The van der Waals surface area contributed by atoms with E-state index < -0.39 is 17.4 Å². The van der Waals surface area contributed by atoms with Gasteiger partial charge in [-0.3, -0.25) is 9.59 Å². The van der Waals surface area contributed by atoms with Gasteiger partial charge in [0, 0.05) is 11.1 Å². The zero-order valence-electron chi connectivity index (χ0n) is 10.8. The van der Waals surface area contributed by atoms with E-state index in [2.05, 4.69) is 20.3 Å². The van der Waals surface area contributed by atoms with Crippen LogP contribution in [0.3, 0.4) is 0 Å². The first kappa shape index (κ1) is 14.7. The molecule has 7 nitrogen and oxygen atoms in total. The highest BCUT2D eigenvalue weighted by Gasteiger charge is 2.16. The molecule has 1 aromatic carbocycles. The van der Waals surface area contributed by atoms with Crippen molar-refractivity contribution in [1.82, 2.24) is 10.2 Å². The van der Waals surface area contributed by atoms with Crippen molar-refractivity contribution in [1.29, 1.82) is 0 Å². The predicted octanol–water partition coefficient (Wildman–Crippen LogP) is 1.46. The van der Waals surface area contributed by atoms with Gasteiger partial charge in [0.15, 0.2) is 0 Å². The lowest BCUT2D eigenvalue weighted by molar-refractivity contribution is 0.0602. The Morgan fingerprint density at radius 2 is 2.05 bits per heavy atom. The lowest BCUT2D eigenvalue weighted by Crippen LogP contribution is -2.19. The lowest BCUT2D eigenvalue weighted by atomic mass is 10.1. The van der Waals surface area contributed by atoms with Crippen molar-refractivity contribution in [2.24, 2.45) is 0 Å². The average Bonchev–Trinajstić information content (AvgIpc) is 2.48. The normalized spacial score (nSPS) is 10.0. The van der Waals surface area contributed by atoms with Crippen molar-refractivity contribution in [3.05, 3.63) is 57.0 Å². The topological polar surface area (TPSA) is 101 Å². The summed E-state index contributed by atoms with van der Waals surface area (Å²) in [6, 6.07) is 6.80. The number of hydrogen-bond donors (Lipinski definition) is 2. The standard InChI is InChI=1S/C13H10ClN3O4/c1-21-13(20)8-6-7(14)2-3-9(8)15-12(19)10-4-5-11(18)17-16-10/h2-6H,1H3,(H,15,19)(H,17,18). The van der Waals surface area contributed by atoms with E-state index in [9.17, 15) is 14.4 Å². The third-order valence-corrected chi connectivity index (χ3v) is 2.78. The van der Waals surface area contributed by atoms with Crippen molar-refractivity contribution in [2.45, 2.75) is 0 Å². The molecule has 1 aromatic heterocycles. The van der Waals surface area contributed by atoms with Crippen LogP contribution in [0.25, 0.3) is 0 Å². The van der Waals surface area contributed by atoms with Crippen LogP contribution < -0.4 is 10.9 Å². The Hall–Kier alpha value is -2.67. The van der Waals surface area contributed by atoms with Gasteiger partial charge in [0.2, 0.25) is 0 Å². The van der Waals surface area contributed by atoms with E-state index in [1.165, 1.54) is 37.4 Å². The summed E-state index contributed by atoms with van der Waals surface area (Å²) >= 11 is 5.82. The summed E-state index contributed by atoms with van der Waals surface area (Å²) in [4.78, 5) is 34.5. The Morgan fingerprint density at radius 1 is 1.29 bits per heavy atom. The summed E-state index contributed by atoms with van der Waals surface area (Å²) in [5.74, 6) is -1.22. The molecule has 0 aliphatic carbocycles. The van der Waals surface area contributed by atoms with Crippen molar-refractivity contribution in [3.8, 4) is 0 Å². The third kappa shape index (κ3) is 3.46. The van der Waals surface area contributed by atoms with Crippen LogP contribution in [0.1, 0.15) is 20.8 Å². The number of benzene rings is 1. The molecule has 0 unspecified atom stereocenters. The van der Waals surface area contributed by atoms with E-state index in [0.717, 1.165) is 0 Å². The number of H-pyrrole nitrogens is 1. The highest BCUT2D eigenvalue weighted by molar-refractivity contribution is 6.31. The Bertz CT molecular complexity index is 737. The fourth-order valence-electron chi connectivity index (χ4n) is 1.56. The Morgan fingerprint density at radius 3 is 2.67 bits per heavy atom. The molecule has 21 heavy (non-hydrogen) atoms. The van der Waals surface area contributed by atoms with Gasteiger partial charge >= 0.3 is 5.97 Å². The number of carbonyl (C=O) groups excluding carboxylic acids is 2. The number of carbonyl (C=O) groups is 2. The molecule has 0 fully saturated rings. The van der Waals surface area contributed by atoms with Gasteiger partial charge in [0.25, 0.3) is 11.5 Å². The maximum Gasteiger partial charge on any atom is 0.340 e. The van der Waals surface area contributed by atoms with Gasteiger partial charge < -0.3 is 10.1 Å². The summed E-state index contributed by atoms with van der Waals surface area (Å²) in [6.45, 7) is 0. The summed E-state index contributed by atoms with van der Waals surface area (Å²) in [7, 11) is 1.22. The van der Waals surface area contributed by atoms with Crippen molar-refractivity contribution in [2.75, 3.05) is 12.4 Å². The number of ether oxygens (including phenoxy) is 1. The number of rotatable bonds is 3. The van der Waals surface area contributed by atoms with Crippen LogP contribution in [-0.2, 0) is 4.74 Å². The lowest BCUT2D eigenvalue weighted by Gasteiger charge is -2.09. The second-order valence-electron chi connectivity index (χ2n) is 3.94. The second-order valence-corrected chi connectivity index (χ2v) is 4.38. The maximum atomic E-state index is 12.0. The highest BCUT2D eigenvalue weighted by atomic mass is 35.5. The molecule has 108 valence electrons. The molecule has 8 heteroatoms. The Kier molecular flexibility index (Phi) is 4.34. The second kappa shape index (κ2) is 6.19. The number of anilines is 1. The van der Waals surface area contributed by atoms with Gasteiger partial charge in [-0.2, -0.15) is 5.10 Å². The number of aromatic nitrogens is 2. The summed E-state index contributed by atoms with van der Waals surface area (Å²) in [5, 5.41) is 8.57. The van der Waals surface area contributed by atoms with Gasteiger partial charge in [-0.1, -0.05) is 11.6 Å². The number of nitrogens with one attached hydrogen (secondary N) is 2. The molecule has 0 aliphatic rings. The average molecular weight is 308 g/mol. The monoisotopic (exact) mass is 307 g/mol. The number of esters is 1. The molecule has 0 atom stereocenters. The van der Waals surface area contributed by atoms with Crippen LogP contribution in [0.5, 0.6) is 0 Å². The molecular formula is C13H10ClN3O4. The van der Waals surface area contributed by atoms with Gasteiger partial charge in [0.05, 0.1) is 18.4 Å². The first-order chi connectivity index (χ1) is 10.0. The molecule has 0 radical (unpaired) electrons. The minimum absolute atomic E-state index is 0.000339. The fourth-order valence-corrected chi connectivity index (χ4v) is 1.73. The van der Waals surface area contributed by atoms with E-state index >= 15 is 0 Å². The maximum absolute atomic E-state index is 12.0. The summed E-state index contributed by atoms with van der Waals surface area (Å²) < 4.78 is 4.62. The SMILES string of the molecule is COC(=O)c1cc(Cl)ccc1NC(=O)c1ccc(=O)[nH]n1. The molecular weight excluding hydrogens is 298 g/mol. The smallest absolute Gasteiger partial charge is 0.340 e. The zero-order valence-corrected chi connectivity index (χ0v) is 11.6. The number of aromatic amines is 1. The van der Waals surface area contributed by atoms with Crippen LogP contribution in [0.4, 0.5) is 5.69 Å². The predicted molar refractivity (Wildman–Crippen MR) is 75.6 cm³/mol. The fraction of sp³-hybridized carbons (Fsp3) is 0.0769. The first-order valence-electron chi connectivity index (χ1n) is 5.76. The van der Waals surface area contributed by atoms with Crippen LogP contribution in [-0.4, -0.2) is 29.2 Å². The number of nitrogens with zero attached hydrogens (tertiary/aromatic N) is 1. The number of halogens is 1. The largest absolute Gasteiger partial charge is 0.465 e. The van der Waals surface area contributed by atoms with Crippen LogP contribution in [0.2, 0.25) is 5.02 Å². The number of methoxy groups -OCH3 is 1. The number of hydrogen-bond acceptors (Lipinski definition) is 5. The molecule has 2 N–H and O–H groups in total. The van der Waals surface area contributed by atoms with Crippen LogP contribution in [0.15, 0.2) is 35.1 Å². The molecule has 2 rings (SSSR count). The van der Waals surface area contributed by atoms with Crippen molar-refractivity contribution in [3.63, 3.8) is 0 Å². The number of amides is 1. The van der Waals surface area contributed by atoms with E-state index in [4.69, 9.17) is 11.6 Å². The molecule has 1 amide bonds. The van der Waals surface area contributed by atoms with E-state index in [1.54, 1.807) is 0 Å². The molecule has 2 aromatic rings. The molecule has 0 spiro atoms. The quantitative estimate of drug-likeness (QED) is 0.836. The van der Waals surface area contributed by atoms with Gasteiger partial charge in [0.1, 0.15) is 5.69 Å². The molecule has 0 aliphatic heterocycles. The summed E-state index contributed by atoms with van der Waals surface area (Å²) in [6.07, 6.45) is 0. The molecule has 0 saturated heterocycles. The minimum Gasteiger partial charge on any atom is -0.465 e. The Balaban J connectivity index is 2.30. The van der Waals surface area contributed by atoms with Crippen LogP contribution in [0, 0.1) is 0 Å². The molecule has 1 heterocycles. The zero-order chi connectivity index (χ0) is 15.4. The van der Waals surface area contributed by atoms with Gasteiger partial charge in [-0.15, -0.1) is 0 Å². The summed E-state index contributed by atoms with van der Waals surface area (Å²) in [5.41, 5.74) is -0.0827. The molecule has 0 bridgehead atoms. The van der Waals surface area contributed by atoms with E-state index in [0.29, 0.717) is 5.02 Å². The highest BCUT2D eigenvalue weighted by Crippen LogP contribution is 2.22. The van der Waals surface area contributed by atoms with Gasteiger partial charge in [-0.05, 0) is 24.3 Å². The van der Waals surface area contributed by atoms with E-state index in [-0.39, 0.29) is 16.9 Å². The Labute approximate surface area is 123 Å². The van der Waals surface area contributed by atoms with Crippen molar-refractivity contribution < 1.29 is 14.3 Å². The minimum atomic E-state index is -0.637. The van der Waals surface area contributed by atoms with E-state index in [1.807, 2.05) is 0 Å². The van der Waals surface area contributed by atoms with Crippen molar-refractivity contribution >= 4 is 29.2 Å².